The van der Waals surface area contributed by atoms with Gasteiger partial charge in [-0.3, -0.25) is 4.79 Å². The van der Waals surface area contributed by atoms with E-state index < -0.39 is 6.67 Å². The van der Waals surface area contributed by atoms with Crippen LogP contribution in [0.4, 0.5) is 10.1 Å². The van der Waals surface area contributed by atoms with E-state index in [1.807, 2.05) is 19.9 Å². The number of carbonyl (C=O) groups excluding carboxylic acids is 1. The standard InChI is InChI=1S/C22H34FN3O4/c1-15(13-29-9-8-23)10-16(2)24-21(27)19-6-7-20(26-11-18(12-26)28-3)22(25-19)30-14-17-4-5-17/h6-7,15-18H,4-5,8-14H2,1-3H3,(H,24,27)/t15?,16-/m0/s1. The molecule has 2 heterocycles. The summed E-state index contributed by atoms with van der Waals surface area (Å²) in [6.07, 6.45) is 3.35. The number of methoxy groups -OCH3 is 1. The van der Waals surface area contributed by atoms with Crippen LogP contribution in [0.5, 0.6) is 5.88 Å². The Morgan fingerprint density at radius 1 is 1.33 bits per heavy atom. The van der Waals surface area contributed by atoms with Crippen LogP contribution in [-0.4, -0.2) is 69.7 Å². The number of pyridine rings is 1. The Morgan fingerprint density at radius 2 is 2.10 bits per heavy atom. The fourth-order valence-corrected chi connectivity index (χ4v) is 3.54. The fourth-order valence-electron chi connectivity index (χ4n) is 3.54. The van der Waals surface area contributed by atoms with Gasteiger partial charge in [0.05, 0.1) is 19.3 Å². The van der Waals surface area contributed by atoms with E-state index in [4.69, 9.17) is 14.2 Å². The summed E-state index contributed by atoms with van der Waals surface area (Å²) in [4.78, 5) is 19.4. The molecule has 2 aliphatic rings. The molecule has 1 unspecified atom stereocenters. The van der Waals surface area contributed by atoms with Crippen LogP contribution in [-0.2, 0) is 9.47 Å². The molecular formula is C22H34FN3O4. The summed E-state index contributed by atoms with van der Waals surface area (Å²) in [5.41, 5.74) is 1.26. The van der Waals surface area contributed by atoms with Crippen LogP contribution >= 0.6 is 0 Å². The maximum atomic E-state index is 12.7. The van der Waals surface area contributed by atoms with Crippen LogP contribution in [0.15, 0.2) is 12.1 Å². The van der Waals surface area contributed by atoms with Gasteiger partial charge >= 0.3 is 0 Å². The number of hydrogen-bond acceptors (Lipinski definition) is 6. The van der Waals surface area contributed by atoms with Crippen molar-refractivity contribution in [3.63, 3.8) is 0 Å². The van der Waals surface area contributed by atoms with E-state index in [1.165, 1.54) is 12.8 Å². The van der Waals surface area contributed by atoms with Crippen LogP contribution in [0.1, 0.15) is 43.6 Å². The molecule has 168 valence electrons. The Hall–Kier alpha value is -1.93. The van der Waals surface area contributed by atoms with Crippen LogP contribution < -0.4 is 15.0 Å². The molecule has 2 fully saturated rings. The summed E-state index contributed by atoms with van der Waals surface area (Å²) in [6.45, 7) is 6.33. The van der Waals surface area contributed by atoms with Crippen molar-refractivity contribution in [2.75, 3.05) is 51.6 Å². The second-order valence-electron chi connectivity index (χ2n) is 8.52. The van der Waals surface area contributed by atoms with Crippen molar-refractivity contribution >= 4 is 11.6 Å². The predicted molar refractivity (Wildman–Crippen MR) is 113 cm³/mol. The molecule has 7 nitrogen and oxygen atoms in total. The highest BCUT2D eigenvalue weighted by atomic mass is 19.1. The molecule has 0 radical (unpaired) electrons. The lowest BCUT2D eigenvalue weighted by Crippen LogP contribution is -2.52. The molecule has 8 heteroatoms. The van der Waals surface area contributed by atoms with Gasteiger partial charge in [0.2, 0.25) is 5.88 Å². The average molecular weight is 424 g/mol. The Bertz CT molecular complexity index is 695. The average Bonchev–Trinajstić information content (AvgIpc) is 3.50. The number of nitrogens with one attached hydrogen (secondary N) is 1. The first-order valence-electron chi connectivity index (χ1n) is 10.9. The lowest BCUT2D eigenvalue weighted by molar-refractivity contribution is 0.0782. The van der Waals surface area contributed by atoms with Gasteiger partial charge < -0.3 is 24.4 Å². The minimum atomic E-state index is -0.477. The number of aromatic nitrogens is 1. The van der Waals surface area contributed by atoms with Gasteiger partial charge in [0.1, 0.15) is 18.1 Å². The van der Waals surface area contributed by atoms with Gasteiger partial charge in [0, 0.05) is 32.8 Å². The zero-order valence-corrected chi connectivity index (χ0v) is 18.2. The maximum Gasteiger partial charge on any atom is 0.270 e. The highest BCUT2D eigenvalue weighted by molar-refractivity contribution is 5.93. The highest BCUT2D eigenvalue weighted by Gasteiger charge is 2.31. The second-order valence-corrected chi connectivity index (χ2v) is 8.52. The van der Waals surface area contributed by atoms with E-state index >= 15 is 0 Å². The molecule has 1 aliphatic carbocycles. The molecule has 1 saturated carbocycles. The van der Waals surface area contributed by atoms with Gasteiger partial charge in [-0.1, -0.05) is 6.92 Å². The molecule has 2 atom stereocenters. The third kappa shape index (κ3) is 6.54. The lowest BCUT2D eigenvalue weighted by atomic mass is 10.0. The number of hydrogen-bond donors (Lipinski definition) is 1. The number of ether oxygens (including phenoxy) is 3. The molecule has 0 aromatic carbocycles. The minimum Gasteiger partial charge on any atom is -0.476 e. The number of halogens is 1. The van der Waals surface area contributed by atoms with Crippen LogP contribution in [0.25, 0.3) is 0 Å². The molecule has 1 aliphatic heterocycles. The van der Waals surface area contributed by atoms with Gasteiger partial charge in [-0.15, -0.1) is 0 Å². The van der Waals surface area contributed by atoms with E-state index in [9.17, 15) is 9.18 Å². The summed E-state index contributed by atoms with van der Waals surface area (Å²) in [6, 6.07) is 3.61. The molecule has 3 rings (SSSR count). The molecule has 1 saturated heterocycles. The third-order valence-electron chi connectivity index (χ3n) is 5.50. The number of anilines is 1. The smallest absolute Gasteiger partial charge is 0.270 e. The molecule has 1 aromatic heterocycles. The Balaban J connectivity index is 1.58. The van der Waals surface area contributed by atoms with Crippen molar-refractivity contribution < 1.29 is 23.4 Å². The van der Waals surface area contributed by atoms with Crippen molar-refractivity contribution in [1.29, 1.82) is 0 Å². The van der Waals surface area contributed by atoms with Crippen LogP contribution in [0, 0.1) is 11.8 Å². The van der Waals surface area contributed by atoms with E-state index in [0.717, 1.165) is 25.2 Å². The largest absolute Gasteiger partial charge is 0.476 e. The third-order valence-corrected chi connectivity index (χ3v) is 5.50. The maximum absolute atomic E-state index is 12.7. The normalized spacial score (nSPS) is 18.6. The fraction of sp³-hybridized carbons (Fsp3) is 0.727. The van der Waals surface area contributed by atoms with Crippen LogP contribution in [0.2, 0.25) is 0 Å². The highest BCUT2D eigenvalue weighted by Crippen LogP contribution is 2.34. The molecule has 30 heavy (non-hydrogen) atoms. The lowest BCUT2D eigenvalue weighted by Gasteiger charge is -2.40. The van der Waals surface area contributed by atoms with E-state index in [1.54, 1.807) is 13.2 Å². The summed E-state index contributed by atoms with van der Waals surface area (Å²) < 4.78 is 28.7. The Morgan fingerprint density at radius 3 is 2.77 bits per heavy atom. The molecule has 1 N–H and O–H groups in total. The Kier molecular flexibility index (Phi) is 8.27. The molecule has 1 amide bonds. The molecule has 1 aromatic rings. The van der Waals surface area contributed by atoms with Gasteiger partial charge in [-0.2, -0.15) is 0 Å². The van der Waals surface area contributed by atoms with Crippen LogP contribution in [0.3, 0.4) is 0 Å². The summed E-state index contributed by atoms with van der Waals surface area (Å²) in [7, 11) is 1.72. The number of alkyl halides is 1. The summed E-state index contributed by atoms with van der Waals surface area (Å²) in [5, 5.41) is 2.99. The van der Waals surface area contributed by atoms with Crippen molar-refractivity contribution in [2.45, 2.75) is 45.3 Å². The predicted octanol–water partition coefficient (Wildman–Crippen LogP) is 2.84. The first-order chi connectivity index (χ1) is 14.5. The quantitative estimate of drug-likeness (QED) is 0.492. The van der Waals surface area contributed by atoms with Gasteiger partial charge in [-0.25, -0.2) is 9.37 Å². The number of amides is 1. The molecular weight excluding hydrogens is 389 g/mol. The van der Waals surface area contributed by atoms with E-state index in [2.05, 4.69) is 15.2 Å². The minimum absolute atomic E-state index is 0.0448. The number of carbonyl (C=O) groups is 1. The molecule has 0 spiro atoms. The van der Waals surface area contributed by atoms with E-state index in [0.29, 0.717) is 30.7 Å². The van der Waals surface area contributed by atoms with Gasteiger partial charge in [0.15, 0.2) is 0 Å². The zero-order valence-electron chi connectivity index (χ0n) is 18.2. The first-order valence-corrected chi connectivity index (χ1v) is 10.9. The number of nitrogens with zero attached hydrogens (tertiary/aromatic N) is 2. The van der Waals surface area contributed by atoms with Crippen molar-refractivity contribution in [2.24, 2.45) is 11.8 Å². The van der Waals surface area contributed by atoms with Crippen molar-refractivity contribution in [3.8, 4) is 5.88 Å². The summed E-state index contributed by atoms with van der Waals surface area (Å²) >= 11 is 0. The zero-order chi connectivity index (χ0) is 21.5. The van der Waals surface area contributed by atoms with Gasteiger partial charge in [0.25, 0.3) is 5.91 Å². The van der Waals surface area contributed by atoms with Crippen molar-refractivity contribution in [3.05, 3.63) is 17.8 Å². The first kappa shape index (κ1) is 22.7. The summed E-state index contributed by atoms with van der Waals surface area (Å²) in [5.74, 6) is 1.12. The van der Waals surface area contributed by atoms with Crippen molar-refractivity contribution in [1.82, 2.24) is 10.3 Å². The number of rotatable bonds is 13. The Labute approximate surface area is 178 Å². The van der Waals surface area contributed by atoms with Gasteiger partial charge in [-0.05, 0) is 50.2 Å². The topological polar surface area (TPSA) is 72.9 Å². The second kappa shape index (κ2) is 10.9. The monoisotopic (exact) mass is 423 g/mol. The van der Waals surface area contributed by atoms with E-state index in [-0.39, 0.29) is 30.6 Å². The molecule has 0 bridgehead atoms. The SMILES string of the molecule is COC1CN(c2ccc(C(=O)N[C@@H](C)CC(C)COCCF)nc2OCC2CC2)C1.